The summed E-state index contributed by atoms with van der Waals surface area (Å²) in [4.78, 5) is 2.34. The maximum atomic E-state index is 13.2. The molecule has 108 valence electrons. The van der Waals surface area contributed by atoms with E-state index < -0.39 is 11.6 Å². The zero-order valence-corrected chi connectivity index (χ0v) is 12.7. The number of benzene rings is 1. The molecule has 4 heteroatoms. The van der Waals surface area contributed by atoms with E-state index in [2.05, 4.69) is 26.8 Å². The molecule has 1 aromatic carbocycles. The van der Waals surface area contributed by atoms with Crippen LogP contribution >= 0.6 is 11.3 Å². The largest absolute Gasteiger partial charge is 0.323 e. The third kappa shape index (κ3) is 3.44. The van der Waals surface area contributed by atoms with Crippen molar-refractivity contribution < 1.29 is 8.78 Å². The minimum absolute atomic E-state index is 0.102. The average molecular weight is 295 g/mol. The van der Waals surface area contributed by atoms with Crippen LogP contribution in [0.1, 0.15) is 42.1 Å². The Labute approximate surface area is 122 Å². The fourth-order valence-corrected chi connectivity index (χ4v) is 3.04. The molecule has 20 heavy (non-hydrogen) atoms. The van der Waals surface area contributed by atoms with Crippen molar-refractivity contribution in [3.8, 4) is 0 Å². The average Bonchev–Trinajstić information content (AvgIpc) is 2.83. The summed E-state index contributed by atoms with van der Waals surface area (Å²) in [6.45, 7) is 6.47. The third-order valence-electron chi connectivity index (χ3n) is 3.17. The molecule has 1 heterocycles. The maximum absolute atomic E-state index is 13.2. The van der Waals surface area contributed by atoms with Crippen LogP contribution in [-0.2, 0) is 11.8 Å². The predicted molar refractivity (Wildman–Crippen MR) is 80.0 cm³/mol. The van der Waals surface area contributed by atoms with Crippen molar-refractivity contribution in [2.24, 2.45) is 5.73 Å². The van der Waals surface area contributed by atoms with Crippen molar-refractivity contribution in [2.75, 3.05) is 0 Å². The van der Waals surface area contributed by atoms with Crippen molar-refractivity contribution in [3.05, 3.63) is 57.3 Å². The van der Waals surface area contributed by atoms with E-state index in [4.69, 9.17) is 5.73 Å². The Balaban J connectivity index is 2.13. The Kier molecular flexibility index (Phi) is 4.25. The lowest BCUT2D eigenvalue weighted by Gasteiger charge is -2.16. The van der Waals surface area contributed by atoms with E-state index in [1.54, 1.807) is 17.4 Å². The van der Waals surface area contributed by atoms with Gasteiger partial charge in [0.15, 0.2) is 11.6 Å². The number of thiophene rings is 1. The second kappa shape index (κ2) is 5.62. The van der Waals surface area contributed by atoms with Crippen LogP contribution in [-0.4, -0.2) is 0 Å². The van der Waals surface area contributed by atoms with Crippen LogP contribution in [0.2, 0.25) is 0 Å². The van der Waals surface area contributed by atoms with E-state index in [0.717, 1.165) is 10.9 Å². The van der Waals surface area contributed by atoms with Crippen molar-refractivity contribution in [1.82, 2.24) is 0 Å². The Bertz CT molecular complexity index is 599. The van der Waals surface area contributed by atoms with Gasteiger partial charge in [-0.25, -0.2) is 8.78 Å². The Morgan fingerprint density at radius 2 is 1.80 bits per heavy atom. The highest BCUT2D eigenvalue weighted by atomic mass is 32.1. The van der Waals surface area contributed by atoms with Gasteiger partial charge < -0.3 is 5.73 Å². The normalized spacial score (nSPS) is 13.5. The van der Waals surface area contributed by atoms with E-state index in [-0.39, 0.29) is 11.5 Å². The Hall–Kier alpha value is -1.26. The molecule has 2 rings (SSSR count). The van der Waals surface area contributed by atoms with Gasteiger partial charge in [0.05, 0.1) is 0 Å². The highest BCUT2D eigenvalue weighted by molar-refractivity contribution is 7.12. The van der Waals surface area contributed by atoms with Gasteiger partial charge in [0.1, 0.15) is 0 Å². The van der Waals surface area contributed by atoms with Gasteiger partial charge in [-0.1, -0.05) is 26.8 Å². The number of hydrogen-bond acceptors (Lipinski definition) is 2. The van der Waals surface area contributed by atoms with Gasteiger partial charge in [-0.05, 0) is 41.7 Å². The molecule has 1 nitrogen and oxygen atoms in total. The Morgan fingerprint density at radius 3 is 2.35 bits per heavy atom. The van der Waals surface area contributed by atoms with Crippen LogP contribution in [0.4, 0.5) is 8.78 Å². The van der Waals surface area contributed by atoms with Gasteiger partial charge in [0, 0.05) is 15.8 Å². The monoisotopic (exact) mass is 295 g/mol. The van der Waals surface area contributed by atoms with Gasteiger partial charge in [0.2, 0.25) is 0 Å². The van der Waals surface area contributed by atoms with Crippen molar-refractivity contribution in [3.63, 3.8) is 0 Å². The lowest BCUT2D eigenvalue weighted by atomic mass is 9.95. The van der Waals surface area contributed by atoms with E-state index in [1.807, 2.05) is 6.07 Å². The van der Waals surface area contributed by atoms with Crippen LogP contribution in [0.15, 0.2) is 30.3 Å². The predicted octanol–water partition coefficient (Wildman–Crippen LogP) is 4.57. The first-order chi connectivity index (χ1) is 9.27. The summed E-state index contributed by atoms with van der Waals surface area (Å²) in [5, 5.41) is 0. The number of halogens is 2. The van der Waals surface area contributed by atoms with Gasteiger partial charge >= 0.3 is 0 Å². The molecule has 2 aromatic rings. The highest BCUT2D eigenvalue weighted by Crippen LogP contribution is 2.32. The molecule has 0 aliphatic carbocycles. The molecular weight excluding hydrogens is 276 g/mol. The first-order valence-electron chi connectivity index (χ1n) is 6.57. The van der Waals surface area contributed by atoms with Gasteiger partial charge in [0.25, 0.3) is 0 Å². The van der Waals surface area contributed by atoms with Crippen LogP contribution in [0.3, 0.4) is 0 Å². The fraction of sp³-hybridized carbons (Fsp3) is 0.375. The summed E-state index contributed by atoms with van der Waals surface area (Å²) in [5.74, 6) is -1.65. The quantitative estimate of drug-likeness (QED) is 0.882. The highest BCUT2D eigenvalue weighted by Gasteiger charge is 2.18. The van der Waals surface area contributed by atoms with E-state index in [1.165, 1.54) is 10.9 Å². The summed E-state index contributed by atoms with van der Waals surface area (Å²) in [6, 6.07) is 7.86. The van der Waals surface area contributed by atoms with Crippen molar-refractivity contribution in [2.45, 2.75) is 38.6 Å². The topological polar surface area (TPSA) is 26.0 Å². The molecule has 0 aliphatic rings. The SMILES string of the molecule is CC(C)(C)c1ccc(C(N)Cc2ccc(F)c(F)c2)s1. The zero-order chi connectivity index (χ0) is 14.9. The number of rotatable bonds is 3. The van der Waals surface area contributed by atoms with Gasteiger partial charge in [-0.3, -0.25) is 0 Å². The molecular formula is C16H19F2NS. The molecule has 0 spiro atoms. The second-order valence-corrected chi connectivity index (χ2v) is 7.13. The van der Waals surface area contributed by atoms with E-state index in [0.29, 0.717) is 12.0 Å². The first-order valence-corrected chi connectivity index (χ1v) is 7.39. The molecule has 0 saturated carbocycles. The molecule has 0 aliphatic heterocycles. The van der Waals surface area contributed by atoms with Crippen molar-refractivity contribution >= 4 is 11.3 Å². The molecule has 2 N–H and O–H groups in total. The molecule has 1 unspecified atom stereocenters. The summed E-state index contributed by atoms with van der Waals surface area (Å²) in [7, 11) is 0. The fourth-order valence-electron chi connectivity index (χ4n) is 1.98. The van der Waals surface area contributed by atoms with E-state index in [9.17, 15) is 8.78 Å². The maximum Gasteiger partial charge on any atom is 0.159 e. The van der Waals surface area contributed by atoms with Gasteiger partial charge in [-0.15, -0.1) is 11.3 Å². The molecule has 0 radical (unpaired) electrons. The minimum atomic E-state index is -0.825. The molecule has 0 saturated heterocycles. The molecule has 0 bridgehead atoms. The third-order valence-corrected chi connectivity index (χ3v) is 4.81. The van der Waals surface area contributed by atoms with Crippen LogP contribution < -0.4 is 5.73 Å². The molecule has 1 aromatic heterocycles. The van der Waals surface area contributed by atoms with Crippen LogP contribution in [0.5, 0.6) is 0 Å². The van der Waals surface area contributed by atoms with Crippen LogP contribution in [0, 0.1) is 11.6 Å². The van der Waals surface area contributed by atoms with Crippen molar-refractivity contribution in [1.29, 1.82) is 0 Å². The molecule has 0 fully saturated rings. The molecule has 1 atom stereocenters. The Morgan fingerprint density at radius 1 is 1.10 bits per heavy atom. The lowest BCUT2D eigenvalue weighted by molar-refractivity contribution is 0.506. The van der Waals surface area contributed by atoms with E-state index >= 15 is 0 Å². The van der Waals surface area contributed by atoms with Crippen LogP contribution in [0.25, 0.3) is 0 Å². The summed E-state index contributed by atoms with van der Waals surface area (Å²) in [6.07, 6.45) is 0.501. The zero-order valence-electron chi connectivity index (χ0n) is 11.9. The standard InChI is InChI=1S/C16H19F2NS/c1-16(2,3)15-7-6-14(20-15)13(19)9-10-4-5-11(17)12(18)8-10/h4-8,13H,9,19H2,1-3H3. The second-order valence-electron chi connectivity index (χ2n) is 6.01. The lowest BCUT2D eigenvalue weighted by Crippen LogP contribution is -2.12. The number of nitrogens with two attached hydrogens (primary N) is 1. The summed E-state index contributed by atoms with van der Waals surface area (Å²) < 4.78 is 26.1. The summed E-state index contributed by atoms with van der Waals surface area (Å²) in [5.41, 5.74) is 6.98. The minimum Gasteiger partial charge on any atom is -0.323 e. The van der Waals surface area contributed by atoms with Gasteiger partial charge in [-0.2, -0.15) is 0 Å². The first kappa shape index (κ1) is 15.1. The smallest absolute Gasteiger partial charge is 0.159 e. The molecule has 0 amide bonds. The number of hydrogen-bond donors (Lipinski definition) is 1. The summed E-state index contributed by atoms with van der Waals surface area (Å²) >= 11 is 1.68.